The molecule has 5 aromatic rings. The van der Waals surface area contributed by atoms with Gasteiger partial charge in [-0.1, -0.05) is 205 Å². The molecule has 0 aliphatic rings. The molecule has 10 nitrogen and oxygen atoms in total. The average molecular weight is 1110 g/mol. The summed E-state index contributed by atoms with van der Waals surface area (Å²) in [4.78, 5) is 51.5. The lowest BCUT2D eigenvalue weighted by Crippen LogP contribution is -2.11. The summed E-state index contributed by atoms with van der Waals surface area (Å²) < 4.78 is 34.0. The number of aryl methyl sites for hydroxylation is 1. The first-order chi connectivity index (χ1) is 39.7. The molecule has 0 N–H and O–H groups in total. The van der Waals surface area contributed by atoms with E-state index in [-0.39, 0.29) is 34.1 Å². The maximum absolute atomic E-state index is 13.1. The summed E-state index contributed by atoms with van der Waals surface area (Å²) in [6.45, 7) is 7.69. The number of esters is 4. The predicted molar refractivity (Wildman–Crippen MR) is 328 cm³/mol. The molecular weight excluding hydrogens is 1010 g/mol. The lowest BCUT2D eigenvalue weighted by molar-refractivity contribution is -0.129. The van der Waals surface area contributed by atoms with Crippen molar-refractivity contribution in [2.24, 2.45) is 0 Å². The van der Waals surface area contributed by atoms with Gasteiger partial charge in [0.05, 0.1) is 24.3 Å². The number of carbonyl (C=O) groups is 4. The number of rotatable bonds is 42. The van der Waals surface area contributed by atoms with E-state index >= 15 is 0 Å². The molecule has 0 amide bonds. The minimum Gasteiger partial charge on any atom is -0.494 e. The zero-order valence-electron chi connectivity index (χ0n) is 49.1. The maximum Gasteiger partial charge on any atom is 0.343 e. The Kier molecular flexibility index (Phi) is 32.3. The van der Waals surface area contributed by atoms with Crippen LogP contribution in [0.3, 0.4) is 0 Å². The van der Waals surface area contributed by atoms with Gasteiger partial charge in [-0.05, 0) is 134 Å². The van der Waals surface area contributed by atoms with Crippen molar-refractivity contribution >= 4 is 36.0 Å². The first-order valence-electron chi connectivity index (χ1n) is 30.7. The first-order valence-corrected chi connectivity index (χ1v) is 30.7. The standard InChI is InChI=1S/C71H92O10/c1-4-6-8-10-12-14-16-18-20-22-24-26-28-30-52-76-62-42-32-58(33-43-62)36-50-68(72)78-64-46-38-60(39-47-64)70(74)80-66-54-57(3)55-67(56-66)81-71(75)61-40-48-65(49-41-61)79-69(73)51-37-59-34-44-63(45-35-59)77-53-31-29-27-25-23-21-19-17-15-13-11-9-7-5-2/h32-51,54-56H,4-31,52-53H2,1-3H3/b50-36+,51-37+. The molecule has 0 atom stereocenters. The van der Waals surface area contributed by atoms with E-state index in [4.69, 9.17) is 28.4 Å². The quantitative estimate of drug-likeness (QED) is 0.0161. The van der Waals surface area contributed by atoms with Crippen LogP contribution >= 0.6 is 0 Å². The molecule has 0 radical (unpaired) electrons. The zero-order valence-corrected chi connectivity index (χ0v) is 49.1. The second-order valence-corrected chi connectivity index (χ2v) is 21.3. The van der Waals surface area contributed by atoms with Crippen LogP contribution < -0.4 is 28.4 Å². The number of hydrogen-bond donors (Lipinski definition) is 0. The van der Waals surface area contributed by atoms with Crippen molar-refractivity contribution in [1.29, 1.82) is 0 Å². The number of hydrogen-bond acceptors (Lipinski definition) is 10. The van der Waals surface area contributed by atoms with Gasteiger partial charge in [-0.25, -0.2) is 19.2 Å². The van der Waals surface area contributed by atoms with Crippen LogP contribution in [-0.4, -0.2) is 37.1 Å². The lowest BCUT2D eigenvalue weighted by atomic mass is 10.0. The molecule has 0 heterocycles. The third kappa shape index (κ3) is 28.9. The van der Waals surface area contributed by atoms with Crippen molar-refractivity contribution in [3.8, 4) is 34.5 Å². The van der Waals surface area contributed by atoms with Crippen LogP contribution in [0.1, 0.15) is 231 Å². The molecule has 5 rings (SSSR count). The molecular formula is C71H92O10. The molecule has 0 aliphatic carbocycles. The van der Waals surface area contributed by atoms with Crippen LogP contribution in [0.2, 0.25) is 0 Å². The summed E-state index contributed by atoms with van der Waals surface area (Å²) >= 11 is 0. The Balaban J connectivity index is 0.927. The van der Waals surface area contributed by atoms with Gasteiger partial charge < -0.3 is 28.4 Å². The predicted octanol–water partition coefficient (Wildman–Crippen LogP) is 19.4. The number of benzene rings is 5. The van der Waals surface area contributed by atoms with Crippen molar-refractivity contribution < 1.29 is 47.6 Å². The number of unbranched alkanes of at least 4 members (excludes halogenated alkanes) is 26. The Morgan fingerprint density at radius 3 is 0.914 bits per heavy atom. The molecule has 0 unspecified atom stereocenters. The van der Waals surface area contributed by atoms with Crippen LogP contribution in [0.25, 0.3) is 12.2 Å². The second kappa shape index (κ2) is 40.3. The van der Waals surface area contributed by atoms with Gasteiger partial charge in [-0.15, -0.1) is 0 Å². The summed E-state index contributed by atoms with van der Waals surface area (Å²) in [6.07, 6.45) is 43.1. The highest BCUT2D eigenvalue weighted by molar-refractivity contribution is 5.93. The van der Waals surface area contributed by atoms with E-state index in [0.717, 1.165) is 35.5 Å². The topological polar surface area (TPSA) is 124 Å². The average Bonchev–Trinajstić information content (AvgIpc) is 3.47. The molecule has 0 spiro atoms. The van der Waals surface area contributed by atoms with Gasteiger partial charge in [0.2, 0.25) is 0 Å². The minimum absolute atomic E-state index is 0.169. The van der Waals surface area contributed by atoms with Crippen molar-refractivity contribution in [1.82, 2.24) is 0 Å². The minimum atomic E-state index is -0.657. The summed E-state index contributed by atoms with van der Waals surface area (Å²) in [5.74, 6) is 0.00488. The highest BCUT2D eigenvalue weighted by atomic mass is 16.6. The fraction of sp³-hybridized carbons (Fsp3) is 0.465. The first kappa shape index (κ1) is 64.9. The van der Waals surface area contributed by atoms with Crippen molar-refractivity contribution in [2.45, 2.75) is 201 Å². The largest absolute Gasteiger partial charge is 0.494 e. The Bertz CT molecular complexity index is 2420. The van der Waals surface area contributed by atoms with Crippen LogP contribution in [0, 0.1) is 6.92 Å². The van der Waals surface area contributed by atoms with E-state index in [0.29, 0.717) is 18.8 Å². The van der Waals surface area contributed by atoms with Gasteiger partial charge in [0.1, 0.15) is 34.5 Å². The van der Waals surface area contributed by atoms with Gasteiger partial charge in [-0.2, -0.15) is 0 Å². The van der Waals surface area contributed by atoms with Crippen molar-refractivity contribution in [2.75, 3.05) is 13.2 Å². The van der Waals surface area contributed by atoms with Crippen molar-refractivity contribution in [3.05, 3.63) is 155 Å². The third-order valence-electron chi connectivity index (χ3n) is 14.2. The Morgan fingerprint density at radius 2 is 0.605 bits per heavy atom. The van der Waals surface area contributed by atoms with Gasteiger partial charge in [0.25, 0.3) is 0 Å². The Morgan fingerprint density at radius 1 is 0.321 bits per heavy atom. The second-order valence-electron chi connectivity index (χ2n) is 21.3. The van der Waals surface area contributed by atoms with Crippen LogP contribution in [0.4, 0.5) is 0 Å². The summed E-state index contributed by atoms with van der Waals surface area (Å²) in [6, 6.07) is 31.9. The number of ether oxygens (including phenoxy) is 6. The molecule has 0 aliphatic heterocycles. The Hall–Kier alpha value is -6.94. The molecule has 0 saturated carbocycles. The van der Waals surface area contributed by atoms with E-state index in [1.807, 2.05) is 48.5 Å². The smallest absolute Gasteiger partial charge is 0.343 e. The molecule has 5 aromatic carbocycles. The van der Waals surface area contributed by atoms with E-state index in [1.54, 1.807) is 31.2 Å². The molecule has 436 valence electrons. The Labute approximate surface area is 485 Å². The highest BCUT2D eigenvalue weighted by Gasteiger charge is 2.15. The molecule has 0 saturated heterocycles. The molecule has 0 aromatic heterocycles. The van der Waals surface area contributed by atoms with E-state index in [9.17, 15) is 19.2 Å². The van der Waals surface area contributed by atoms with Gasteiger partial charge in [0.15, 0.2) is 0 Å². The van der Waals surface area contributed by atoms with E-state index < -0.39 is 23.9 Å². The molecule has 0 bridgehead atoms. The van der Waals surface area contributed by atoms with Crippen molar-refractivity contribution in [3.63, 3.8) is 0 Å². The SMILES string of the molecule is CCCCCCCCCCCCCCCCOc1ccc(/C=C/C(=O)Oc2ccc(C(=O)Oc3cc(C)cc(OC(=O)c4ccc(OC(=O)/C=C/c5ccc(OCCCCCCCCCCCCCCCC)cc5)cc4)c3)cc2)cc1. The fourth-order valence-corrected chi connectivity index (χ4v) is 9.43. The zero-order chi connectivity index (χ0) is 57.4. The third-order valence-corrected chi connectivity index (χ3v) is 14.2. The molecule has 81 heavy (non-hydrogen) atoms. The molecule has 10 heteroatoms. The van der Waals surface area contributed by atoms with Crippen LogP contribution in [-0.2, 0) is 9.59 Å². The van der Waals surface area contributed by atoms with E-state index in [1.165, 1.54) is 234 Å². The van der Waals surface area contributed by atoms with E-state index in [2.05, 4.69) is 13.8 Å². The lowest BCUT2D eigenvalue weighted by Gasteiger charge is -2.10. The summed E-state index contributed by atoms with van der Waals surface area (Å²) in [5, 5.41) is 0. The fourth-order valence-electron chi connectivity index (χ4n) is 9.43. The maximum atomic E-state index is 13.1. The normalized spacial score (nSPS) is 11.2. The summed E-state index contributed by atoms with van der Waals surface area (Å²) in [5.41, 5.74) is 2.79. The highest BCUT2D eigenvalue weighted by Crippen LogP contribution is 2.26. The monoisotopic (exact) mass is 1100 g/mol. The van der Waals surface area contributed by atoms with Gasteiger partial charge in [0, 0.05) is 18.2 Å². The van der Waals surface area contributed by atoms with Crippen LogP contribution in [0.5, 0.6) is 34.5 Å². The summed E-state index contributed by atoms with van der Waals surface area (Å²) in [7, 11) is 0. The van der Waals surface area contributed by atoms with Crippen LogP contribution in [0.15, 0.2) is 127 Å². The van der Waals surface area contributed by atoms with Gasteiger partial charge in [-0.3, -0.25) is 0 Å². The molecule has 0 fully saturated rings. The number of carbonyl (C=O) groups excluding carboxylic acids is 4. The van der Waals surface area contributed by atoms with Gasteiger partial charge >= 0.3 is 23.9 Å².